The number of fused-ring (bicyclic) bond motifs is 2. The van der Waals surface area contributed by atoms with Gasteiger partial charge >= 0.3 is 11.4 Å². The third kappa shape index (κ3) is 6.58. The van der Waals surface area contributed by atoms with Crippen LogP contribution in [0.2, 0.25) is 0 Å². The highest BCUT2D eigenvalue weighted by atomic mass is 16.1. The first-order valence-electron chi connectivity index (χ1n) is 15.6. The van der Waals surface area contributed by atoms with Crippen LogP contribution in [-0.2, 0) is 13.0 Å². The number of piperidine rings is 1. The number of aromatic amines is 3. The molecule has 0 aliphatic carbocycles. The maximum atomic E-state index is 12.3. The molecule has 3 aromatic heterocycles. The highest BCUT2D eigenvalue weighted by molar-refractivity contribution is 5.94. The van der Waals surface area contributed by atoms with Gasteiger partial charge in [0.25, 0.3) is 0 Å². The molecule has 9 heteroatoms. The molecule has 1 aliphatic rings. The molecule has 3 N–H and O–H groups in total. The summed E-state index contributed by atoms with van der Waals surface area (Å²) < 4.78 is 1.89. The van der Waals surface area contributed by atoms with Crippen molar-refractivity contribution in [2.24, 2.45) is 0 Å². The fourth-order valence-electron chi connectivity index (χ4n) is 5.88. The highest BCUT2D eigenvalue weighted by Crippen LogP contribution is 2.32. The van der Waals surface area contributed by atoms with Crippen molar-refractivity contribution in [2.75, 3.05) is 13.1 Å². The van der Waals surface area contributed by atoms with E-state index in [1.165, 1.54) is 5.56 Å². The van der Waals surface area contributed by atoms with E-state index in [1.54, 1.807) is 0 Å². The molecule has 1 fully saturated rings. The maximum Gasteiger partial charge on any atom is 0.325 e. The summed E-state index contributed by atoms with van der Waals surface area (Å²) in [7, 11) is 0. The zero-order valence-electron chi connectivity index (χ0n) is 26.0. The van der Waals surface area contributed by atoms with Crippen LogP contribution in [0.3, 0.4) is 0 Å². The molecule has 9 nitrogen and oxygen atoms in total. The Morgan fingerprint density at radius 3 is 1.91 bits per heavy atom. The number of allylic oxidation sites excluding steroid dienone is 2. The van der Waals surface area contributed by atoms with Crippen molar-refractivity contribution in [3.05, 3.63) is 117 Å². The van der Waals surface area contributed by atoms with Crippen molar-refractivity contribution < 1.29 is 0 Å². The lowest BCUT2D eigenvalue weighted by Crippen LogP contribution is -2.36. The molecule has 0 radical (unpaired) electrons. The minimum absolute atomic E-state index is 0.00774. The molecular formula is C36H39N7O2. The molecule has 3 aromatic carbocycles. The minimum Gasteiger partial charge on any atom is -0.310 e. The summed E-state index contributed by atoms with van der Waals surface area (Å²) in [6, 6.07) is 22.6. The van der Waals surface area contributed by atoms with Crippen LogP contribution in [0.25, 0.3) is 44.6 Å². The first-order chi connectivity index (χ1) is 21.9. The van der Waals surface area contributed by atoms with Crippen LogP contribution in [0.5, 0.6) is 0 Å². The van der Waals surface area contributed by atoms with Gasteiger partial charge in [-0.1, -0.05) is 73.7 Å². The number of hydrogen-bond donors (Lipinski definition) is 3. The molecule has 0 unspecified atom stereocenters. The van der Waals surface area contributed by atoms with Gasteiger partial charge in [-0.15, -0.1) is 0 Å². The molecular weight excluding hydrogens is 562 g/mol. The van der Waals surface area contributed by atoms with Crippen molar-refractivity contribution in [1.82, 2.24) is 34.4 Å². The van der Waals surface area contributed by atoms with Gasteiger partial charge in [-0.05, 0) is 50.8 Å². The average Bonchev–Trinajstić information content (AvgIpc) is 3.64. The van der Waals surface area contributed by atoms with Gasteiger partial charge in [0.15, 0.2) is 0 Å². The van der Waals surface area contributed by atoms with Crippen molar-refractivity contribution in [2.45, 2.75) is 52.6 Å². The van der Waals surface area contributed by atoms with Crippen molar-refractivity contribution >= 4 is 22.1 Å². The summed E-state index contributed by atoms with van der Waals surface area (Å²) in [6.45, 7) is 8.83. The maximum absolute atomic E-state index is 12.3. The van der Waals surface area contributed by atoms with Crippen LogP contribution in [0.1, 0.15) is 50.9 Å². The van der Waals surface area contributed by atoms with Crippen LogP contribution in [0.15, 0.2) is 94.7 Å². The van der Waals surface area contributed by atoms with Gasteiger partial charge < -0.3 is 15.0 Å². The topological polar surface area (TPSA) is 115 Å². The van der Waals surface area contributed by atoms with E-state index in [0.29, 0.717) is 11.0 Å². The first kappa shape index (κ1) is 30.0. The van der Waals surface area contributed by atoms with E-state index < -0.39 is 0 Å². The number of rotatable bonds is 6. The molecule has 1 saturated heterocycles. The Balaban J connectivity index is 0.000000845. The van der Waals surface area contributed by atoms with Gasteiger partial charge in [0.1, 0.15) is 0 Å². The number of nitrogens with zero attached hydrogens (tertiary/aromatic N) is 4. The van der Waals surface area contributed by atoms with Crippen molar-refractivity contribution in [3.63, 3.8) is 0 Å². The second-order valence-corrected chi connectivity index (χ2v) is 11.5. The van der Waals surface area contributed by atoms with Gasteiger partial charge in [0.05, 0.1) is 33.5 Å². The summed E-state index contributed by atoms with van der Waals surface area (Å²) in [4.78, 5) is 45.3. The van der Waals surface area contributed by atoms with E-state index in [9.17, 15) is 9.59 Å². The van der Waals surface area contributed by atoms with Crippen molar-refractivity contribution in [3.8, 4) is 22.5 Å². The van der Waals surface area contributed by atoms with Gasteiger partial charge in [0.2, 0.25) is 0 Å². The normalized spacial score (nSPS) is 14.3. The third-order valence-electron chi connectivity index (χ3n) is 8.44. The molecule has 1 aliphatic heterocycles. The van der Waals surface area contributed by atoms with Gasteiger partial charge in [-0.25, -0.2) is 19.6 Å². The second-order valence-electron chi connectivity index (χ2n) is 11.5. The number of H-pyrrole nitrogens is 3. The average molecular weight is 602 g/mol. The zero-order chi connectivity index (χ0) is 31.3. The zero-order valence-corrected chi connectivity index (χ0v) is 26.0. The van der Waals surface area contributed by atoms with Crippen LogP contribution >= 0.6 is 0 Å². The smallest absolute Gasteiger partial charge is 0.310 e. The van der Waals surface area contributed by atoms with Gasteiger partial charge in [-0.2, -0.15) is 0 Å². The number of nitrogens with one attached hydrogen (secondary N) is 3. The summed E-state index contributed by atoms with van der Waals surface area (Å²) in [6.07, 6.45) is 8.75. The van der Waals surface area contributed by atoms with Crippen molar-refractivity contribution in [1.29, 1.82) is 0 Å². The van der Waals surface area contributed by atoms with E-state index in [4.69, 9.17) is 9.97 Å². The molecule has 4 heterocycles. The van der Waals surface area contributed by atoms with E-state index in [0.717, 1.165) is 78.1 Å². The second kappa shape index (κ2) is 13.3. The summed E-state index contributed by atoms with van der Waals surface area (Å²) in [5.74, 6) is 0. The van der Waals surface area contributed by atoms with E-state index in [2.05, 4.69) is 51.0 Å². The Labute approximate surface area is 261 Å². The van der Waals surface area contributed by atoms with Crippen LogP contribution in [-0.4, -0.2) is 47.5 Å². The lowest BCUT2D eigenvalue weighted by molar-refractivity contribution is 0.178. The molecule has 0 atom stereocenters. The van der Waals surface area contributed by atoms with E-state index >= 15 is 0 Å². The van der Waals surface area contributed by atoms with E-state index in [1.807, 2.05) is 79.2 Å². The molecule has 0 amide bonds. The SMILES string of the molecule is C/C=C\C.CCc1cn(C2CCN(Cc3ccc(-c4nc5cc6[nH]c(=O)[nH]c6cc5nc4-c4ccccc4)cc3)CC2)c(=O)[nH]1. The van der Waals surface area contributed by atoms with Gasteiger partial charge in [-0.3, -0.25) is 9.47 Å². The fraction of sp³-hybridized carbons (Fsp3) is 0.278. The first-order valence-corrected chi connectivity index (χ1v) is 15.6. The largest absolute Gasteiger partial charge is 0.325 e. The predicted octanol–water partition coefficient (Wildman–Crippen LogP) is 6.61. The quantitative estimate of drug-likeness (QED) is 0.186. The predicted molar refractivity (Wildman–Crippen MR) is 181 cm³/mol. The molecule has 0 bridgehead atoms. The summed E-state index contributed by atoms with van der Waals surface area (Å²) in [5.41, 5.74) is 8.44. The van der Waals surface area contributed by atoms with Crippen LogP contribution in [0, 0.1) is 0 Å². The molecule has 7 rings (SSSR count). The summed E-state index contributed by atoms with van der Waals surface area (Å²) >= 11 is 0. The Bertz CT molecular complexity index is 2040. The molecule has 45 heavy (non-hydrogen) atoms. The van der Waals surface area contributed by atoms with Gasteiger partial charge in [0, 0.05) is 48.7 Å². The Morgan fingerprint density at radius 1 is 0.800 bits per heavy atom. The molecule has 230 valence electrons. The highest BCUT2D eigenvalue weighted by Gasteiger charge is 2.22. The van der Waals surface area contributed by atoms with E-state index in [-0.39, 0.29) is 17.4 Å². The number of aryl methyl sites for hydroxylation is 1. The Morgan fingerprint density at radius 2 is 1.38 bits per heavy atom. The third-order valence-corrected chi connectivity index (χ3v) is 8.44. The molecule has 0 spiro atoms. The number of hydrogen-bond acceptors (Lipinski definition) is 5. The number of aromatic nitrogens is 6. The lowest BCUT2D eigenvalue weighted by Gasteiger charge is -2.32. The standard InChI is InChI=1S/C32H31N7O2.C4H8/c1-2-23-19-39(32(41)33-23)24-12-14-38(15-13-24)18-20-8-10-22(11-9-20)30-29(21-6-4-3-5-7-21)34-25-16-27-28(17-26(25)35-30)37-31(40)36-27;1-3-4-2/h3-11,16-17,19,24H,2,12-15,18H2,1H3,(H,33,41)(H2,36,37,40);3-4H,1-2H3/b;4-3-. The molecule has 6 aromatic rings. The summed E-state index contributed by atoms with van der Waals surface area (Å²) in [5, 5.41) is 0. The Kier molecular flexibility index (Phi) is 8.89. The minimum atomic E-state index is -0.248. The number of imidazole rings is 2. The number of likely N-dealkylation sites (tertiary alicyclic amines) is 1. The lowest BCUT2D eigenvalue weighted by atomic mass is 10.0. The monoisotopic (exact) mass is 601 g/mol. The van der Waals surface area contributed by atoms with Crippen LogP contribution < -0.4 is 11.4 Å². The fourth-order valence-corrected chi connectivity index (χ4v) is 5.88. The number of benzene rings is 3. The van der Waals surface area contributed by atoms with Crippen LogP contribution in [0.4, 0.5) is 0 Å². The Hall–Kier alpha value is -5.02. The molecule has 0 saturated carbocycles.